The highest BCUT2D eigenvalue weighted by atomic mass is 16.2. The summed E-state index contributed by atoms with van der Waals surface area (Å²) in [5.41, 5.74) is 0.568. The summed E-state index contributed by atoms with van der Waals surface area (Å²) in [4.78, 5) is 32.4. The lowest BCUT2D eigenvalue weighted by molar-refractivity contribution is 0.0955. The van der Waals surface area contributed by atoms with Crippen molar-refractivity contribution < 1.29 is 9.59 Å². The highest BCUT2D eigenvalue weighted by Gasteiger charge is 2.27. The number of rotatable bonds is 4. The summed E-state index contributed by atoms with van der Waals surface area (Å²) < 4.78 is 0. The Morgan fingerprint density at radius 3 is 2.40 bits per heavy atom. The van der Waals surface area contributed by atoms with E-state index < -0.39 is 0 Å². The van der Waals surface area contributed by atoms with E-state index >= 15 is 0 Å². The molecule has 3 rings (SSSR count). The molecule has 136 valence electrons. The van der Waals surface area contributed by atoms with Gasteiger partial charge in [0.25, 0.3) is 5.91 Å². The third-order valence-electron chi connectivity index (χ3n) is 4.86. The topological polar surface area (TPSA) is 77.6 Å². The van der Waals surface area contributed by atoms with Gasteiger partial charge in [-0.25, -0.2) is 9.78 Å². The van der Waals surface area contributed by atoms with Crippen LogP contribution in [-0.2, 0) is 0 Å². The fourth-order valence-corrected chi connectivity index (χ4v) is 3.41. The van der Waals surface area contributed by atoms with Gasteiger partial charge in [0.2, 0.25) is 0 Å². The molecule has 1 aromatic rings. The zero-order valence-electron chi connectivity index (χ0n) is 14.8. The van der Waals surface area contributed by atoms with Gasteiger partial charge in [0.05, 0.1) is 5.56 Å². The Morgan fingerprint density at radius 1 is 1.12 bits per heavy atom. The lowest BCUT2D eigenvalue weighted by atomic mass is 10.1. The van der Waals surface area contributed by atoms with E-state index in [9.17, 15) is 9.59 Å². The van der Waals surface area contributed by atoms with Gasteiger partial charge in [-0.1, -0.05) is 0 Å². The maximum Gasteiger partial charge on any atom is 0.319 e. The number of nitrogens with one attached hydrogen (secondary N) is 2. The molecular formula is C18H27N5O2. The molecule has 0 atom stereocenters. The molecule has 0 unspecified atom stereocenters. The van der Waals surface area contributed by atoms with Crippen LogP contribution in [0.15, 0.2) is 18.3 Å². The quantitative estimate of drug-likeness (QED) is 0.874. The zero-order chi connectivity index (χ0) is 17.6. The van der Waals surface area contributed by atoms with Gasteiger partial charge in [0.15, 0.2) is 0 Å². The van der Waals surface area contributed by atoms with Crippen molar-refractivity contribution in [3.63, 3.8) is 0 Å². The summed E-state index contributed by atoms with van der Waals surface area (Å²) in [6, 6.07) is 4.13. The first-order valence-electron chi connectivity index (χ1n) is 9.22. The van der Waals surface area contributed by atoms with Gasteiger partial charge in [-0.3, -0.25) is 4.79 Å². The highest BCUT2D eigenvalue weighted by molar-refractivity contribution is 5.93. The minimum atomic E-state index is -0.102. The summed E-state index contributed by atoms with van der Waals surface area (Å²) in [6.45, 7) is 5.86. The molecule has 0 aromatic carbocycles. The number of hydrogen-bond acceptors (Lipinski definition) is 4. The second-order valence-corrected chi connectivity index (χ2v) is 6.67. The second-order valence-electron chi connectivity index (χ2n) is 6.67. The average Bonchev–Trinajstić information content (AvgIpc) is 3.17. The third-order valence-corrected chi connectivity index (χ3v) is 4.86. The van der Waals surface area contributed by atoms with Crippen LogP contribution in [0.3, 0.4) is 0 Å². The van der Waals surface area contributed by atoms with Crippen molar-refractivity contribution in [3.8, 4) is 0 Å². The van der Waals surface area contributed by atoms with Gasteiger partial charge >= 0.3 is 6.03 Å². The lowest BCUT2D eigenvalue weighted by Crippen LogP contribution is -2.47. The third kappa shape index (κ3) is 4.41. The van der Waals surface area contributed by atoms with Crippen molar-refractivity contribution in [1.82, 2.24) is 20.1 Å². The number of urea groups is 1. The van der Waals surface area contributed by atoms with E-state index in [1.165, 1.54) is 0 Å². The molecule has 0 bridgehead atoms. The van der Waals surface area contributed by atoms with Crippen molar-refractivity contribution in [2.75, 3.05) is 38.0 Å². The lowest BCUT2D eigenvalue weighted by Gasteiger charge is -2.35. The van der Waals surface area contributed by atoms with Crippen molar-refractivity contribution >= 4 is 17.8 Å². The Morgan fingerprint density at radius 2 is 1.80 bits per heavy atom. The van der Waals surface area contributed by atoms with Crippen molar-refractivity contribution in [3.05, 3.63) is 23.9 Å². The van der Waals surface area contributed by atoms with Gasteiger partial charge in [0.1, 0.15) is 5.82 Å². The van der Waals surface area contributed by atoms with Gasteiger partial charge in [-0.2, -0.15) is 0 Å². The number of hydrogen-bond donors (Lipinski definition) is 2. The normalized spacial score (nSPS) is 18.3. The molecular weight excluding hydrogens is 318 g/mol. The van der Waals surface area contributed by atoms with Crippen LogP contribution in [0.5, 0.6) is 0 Å². The number of nitrogens with zero attached hydrogens (tertiary/aromatic N) is 3. The van der Waals surface area contributed by atoms with E-state index in [1.54, 1.807) is 12.3 Å². The Labute approximate surface area is 148 Å². The molecule has 0 spiro atoms. The number of carbonyl (C=O) groups excluding carboxylic acids is 2. The highest BCUT2D eigenvalue weighted by Crippen LogP contribution is 2.18. The Bertz CT molecular complexity index is 590. The summed E-state index contributed by atoms with van der Waals surface area (Å²) in [5.74, 6) is 0.674. The molecule has 7 nitrogen and oxygen atoms in total. The summed E-state index contributed by atoms with van der Waals surface area (Å²) >= 11 is 0. The van der Waals surface area contributed by atoms with Gasteiger partial charge in [-0.15, -0.1) is 0 Å². The van der Waals surface area contributed by atoms with Crippen LogP contribution in [0, 0.1) is 0 Å². The van der Waals surface area contributed by atoms with E-state index in [2.05, 4.69) is 15.6 Å². The minimum absolute atomic E-state index is 0.102. The first-order valence-corrected chi connectivity index (χ1v) is 9.22. The number of amides is 3. The number of carbonyl (C=O) groups is 2. The molecule has 2 aliphatic heterocycles. The number of likely N-dealkylation sites (tertiary alicyclic amines) is 2. The van der Waals surface area contributed by atoms with Crippen LogP contribution in [0.1, 0.15) is 43.0 Å². The smallest absolute Gasteiger partial charge is 0.319 e. The van der Waals surface area contributed by atoms with Gasteiger partial charge < -0.3 is 20.4 Å². The number of pyridine rings is 1. The number of aromatic nitrogens is 1. The molecule has 0 radical (unpaired) electrons. The molecule has 7 heteroatoms. The van der Waals surface area contributed by atoms with Crippen LogP contribution in [-0.4, -0.2) is 65.5 Å². The summed E-state index contributed by atoms with van der Waals surface area (Å²) in [7, 11) is 0. The van der Waals surface area contributed by atoms with Crippen molar-refractivity contribution in [2.45, 2.75) is 38.6 Å². The largest absolute Gasteiger partial charge is 0.367 e. The maximum atomic E-state index is 12.4. The van der Waals surface area contributed by atoms with Crippen LogP contribution in [0.4, 0.5) is 10.6 Å². The molecule has 2 fully saturated rings. The Hall–Kier alpha value is -2.31. The first kappa shape index (κ1) is 17.5. The van der Waals surface area contributed by atoms with Crippen LogP contribution in [0.2, 0.25) is 0 Å². The SMILES string of the molecule is CCNC(=O)c1ccc(NC2CCN(C(=O)N3CCCC3)CC2)nc1. The van der Waals surface area contributed by atoms with Gasteiger partial charge in [-0.05, 0) is 44.7 Å². The van der Waals surface area contributed by atoms with Gasteiger partial charge in [0, 0.05) is 45.0 Å². The fraction of sp³-hybridized carbons (Fsp3) is 0.611. The van der Waals surface area contributed by atoms with E-state index in [0.29, 0.717) is 18.2 Å². The fourth-order valence-electron chi connectivity index (χ4n) is 3.41. The van der Waals surface area contributed by atoms with Crippen LogP contribution >= 0.6 is 0 Å². The van der Waals surface area contributed by atoms with E-state index in [-0.39, 0.29) is 11.9 Å². The predicted octanol–water partition coefficient (Wildman–Crippen LogP) is 1.92. The molecule has 2 saturated heterocycles. The Kier molecular flexibility index (Phi) is 5.73. The maximum absolute atomic E-state index is 12.4. The monoisotopic (exact) mass is 345 g/mol. The molecule has 3 amide bonds. The number of piperidine rings is 1. The molecule has 0 saturated carbocycles. The summed E-state index contributed by atoms with van der Waals surface area (Å²) in [5, 5.41) is 6.17. The van der Waals surface area contributed by atoms with E-state index in [0.717, 1.165) is 57.7 Å². The molecule has 25 heavy (non-hydrogen) atoms. The predicted molar refractivity (Wildman–Crippen MR) is 96.7 cm³/mol. The molecule has 2 N–H and O–H groups in total. The van der Waals surface area contributed by atoms with E-state index in [4.69, 9.17) is 0 Å². The minimum Gasteiger partial charge on any atom is -0.367 e. The molecule has 3 heterocycles. The average molecular weight is 345 g/mol. The van der Waals surface area contributed by atoms with Crippen molar-refractivity contribution in [1.29, 1.82) is 0 Å². The number of anilines is 1. The Balaban J connectivity index is 1.47. The molecule has 1 aromatic heterocycles. The molecule has 0 aliphatic carbocycles. The van der Waals surface area contributed by atoms with Crippen LogP contribution < -0.4 is 10.6 Å². The standard InChI is InChI=1S/C18H27N5O2/c1-2-19-17(24)14-5-6-16(20-13-14)21-15-7-11-23(12-8-15)18(25)22-9-3-4-10-22/h5-6,13,15H,2-4,7-12H2,1H3,(H,19,24)(H,20,21). The zero-order valence-corrected chi connectivity index (χ0v) is 14.8. The summed E-state index contributed by atoms with van der Waals surface area (Å²) in [6.07, 6.45) is 5.68. The van der Waals surface area contributed by atoms with Crippen molar-refractivity contribution in [2.24, 2.45) is 0 Å². The first-order chi connectivity index (χ1) is 12.2. The van der Waals surface area contributed by atoms with E-state index in [1.807, 2.05) is 22.8 Å². The second kappa shape index (κ2) is 8.18. The molecule has 2 aliphatic rings. The van der Waals surface area contributed by atoms with Crippen LogP contribution in [0.25, 0.3) is 0 Å².